The van der Waals surface area contributed by atoms with Crippen molar-refractivity contribution in [3.63, 3.8) is 0 Å². The standard InChI is InChI=1S/C14H19ClN6O2S3/c15-11-1-2-12(25-11)26(22,23)19-4-3-17-13(16)20-6-8-21(9-7-20)14-18-5-10-24-14/h1-2,5,10,19H,3-4,6-9H2,(H2,16,17). The van der Waals surface area contributed by atoms with Gasteiger partial charge in [-0.1, -0.05) is 11.6 Å². The van der Waals surface area contributed by atoms with Gasteiger partial charge in [-0.2, -0.15) is 0 Å². The van der Waals surface area contributed by atoms with Crippen molar-refractivity contribution in [2.45, 2.75) is 4.21 Å². The van der Waals surface area contributed by atoms with Crippen LogP contribution in [-0.2, 0) is 10.0 Å². The van der Waals surface area contributed by atoms with Gasteiger partial charge in [-0.15, -0.1) is 22.7 Å². The molecule has 1 aliphatic heterocycles. The Bertz CT molecular complexity index is 844. The van der Waals surface area contributed by atoms with E-state index in [1.807, 2.05) is 10.3 Å². The molecule has 0 aliphatic carbocycles. The van der Waals surface area contributed by atoms with E-state index >= 15 is 0 Å². The molecule has 2 aromatic rings. The van der Waals surface area contributed by atoms with E-state index in [0.717, 1.165) is 42.6 Å². The lowest BCUT2D eigenvalue weighted by Gasteiger charge is -2.35. The summed E-state index contributed by atoms with van der Waals surface area (Å²) in [5.74, 6) is 0.433. The first-order valence-corrected chi connectivity index (χ1v) is 11.5. The molecule has 26 heavy (non-hydrogen) atoms. The molecule has 0 aromatic carbocycles. The number of anilines is 1. The van der Waals surface area contributed by atoms with Crippen molar-refractivity contribution in [3.8, 4) is 0 Å². The van der Waals surface area contributed by atoms with E-state index in [1.54, 1.807) is 23.6 Å². The van der Waals surface area contributed by atoms with Crippen molar-refractivity contribution in [1.82, 2.24) is 14.6 Å². The van der Waals surface area contributed by atoms with Crippen LogP contribution in [0.15, 0.2) is 32.9 Å². The van der Waals surface area contributed by atoms with Crippen molar-refractivity contribution in [1.29, 1.82) is 0 Å². The molecule has 12 heteroatoms. The molecule has 1 aliphatic rings. The Morgan fingerprint density at radius 2 is 2.12 bits per heavy atom. The molecule has 1 fully saturated rings. The van der Waals surface area contributed by atoms with E-state index in [1.165, 1.54) is 6.07 Å². The molecule has 0 unspecified atom stereocenters. The number of hydrogen-bond donors (Lipinski definition) is 2. The molecule has 3 N–H and O–H groups in total. The molecular weight excluding hydrogens is 416 g/mol. The van der Waals surface area contributed by atoms with Crippen LogP contribution in [0.4, 0.5) is 5.13 Å². The lowest BCUT2D eigenvalue weighted by molar-refractivity contribution is 0.380. The van der Waals surface area contributed by atoms with Gasteiger partial charge >= 0.3 is 0 Å². The van der Waals surface area contributed by atoms with Gasteiger partial charge in [0.1, 0.15) is 4.21 Å². The first-order valence-electron chi connectivity index (χ1n) is 7.90. The third-order valence-electron chi connectivity index (χ3n) is 3.78. The predicted molar refractivity (Wildman–Crippen MR) is 107 cm³/mol. The fourth-order valence-electron chi connectivity index (χ4n) is 2.46. The summed E-state index contributed by atoms with van der Waals surface area (Å²) in [7, 11) is -3.55. The highest BCUT2D eigenvalue weighted by Crippen LogP contribution is 2.25. The highest BCUT2D eigenvalue weighted by atomic mass is 35.5. The minimum atomic E-state index is -3.55. The van der Waals surface area contributed by atoms with Crippen LogP contribution < -0.4 is 15.4 Å². The van der Waals surface area contributed by atoms with Crippen LogP contribution in [0.25, 0.3) is 0 Å². The number of nitrogens with zero attached hydrogens (tertiary/aromatic N) is 4. The summed E-state index contributed by atoms with van der Waals surface area (Å²) in [5, 5.41) is 2.98. The minimum Gasteiger partial charge on any atom is -0.370 e. The predicted octanol–water partition coefficient (Wildman–Crippen LogP) is 1.27. The maximum atomic E-state index is 12.1. The van der Waals surface area contributed by atoms with Crippen LogP contribution in [0.1, 0.15) is 0 Å². The molecular formula is C14H19ClN6O2S3. The molecule has 0 spiro atoms. The van der Waals surface area contributed by atoms with Gasteiger partial charge in [0, 0.05) is 44.3 Å². The number of sulfonamides is 1. The molecule has 0 bridgehead atoms. The van der Waals surface area contributed by atoms with E-state index < -0.39 is 10.0 Å². The largest absolute Gasteiger partial charge is 0.370 e. The Morgan fingerprint density at radius 3 is 2.73 bits per heavy atom. The summed E-state index contributed by atoms with van der Waals surface area (Å²) < 4.78 is 27.3. The number of nitrogens with two attached hydrogens (primary N) is 1. The van der Waals surface area contributed by atoms with Crippen LogP contribution in [0.3, 0.4) is 0 Å². The Morgan fingerprint density at radius 1 is 1.35 bits per heavy atom. The summed E-state index contributed by atoms with van der Waals surface area (Å²) in [4.78, 5) is 12.8. The highest BCUT2D eigenvalue weighted by molar-refractivity contribution is 7.91. The van der Waals surface area contributed by atoms with Gasteiger partial charge in [0.15, 0.2) is 11.1 Å². The summed E-state index contributed by atoms with van der Waals surface area (Å²) in [6, 6.07) is 3.04. The molecule has 2 aromatic heterocycles. The van der Waals surface area contributed by atoms with Crippen molar-refractivity contribution in [2.75, 3.05) is 44.2 Å². The third-order valence-corrected chi connectivity index (χ3v) is 7.80. The van der Waals surface area contributed by atoms with E-state index in [9.17, 15) is 8.42 Å². The molecule has 3 heterocycles. The van der Waals surface area contributed by atoms with Gasteiger partial charge < -0.3 is 15.5 Å². The van der Waals surface area contributed by atoms with Crippen molar-refractivity contribution in [3.05, 3.63) is 28.0 Å². The van der Waals surface area contributed by atoms with Gasteiger partial charge in [0.25, 0.3) is 0 Å². The fourth-order valence-corrected chi connectivity index (χ4v) is 5.71. The number of guanidine groups is 1. The Labute approximate surface area is 165 Å². The SMILES string of the molecule is NC(=NCCNS(=O)(=O)c1ccc(Cl)s1)N1CCN(c2nccs2)CC1. The van der Waals surface area contributed by atoms with E-state index in [2.05, 4.69) is 19.6 Å². The second-order valence-corrected chi connectivity index (χ2v) is 10.1. The molecule has 0 atom stereocenters. The molecule has 3 rings (SSSR count). The average molecular weight is 435 g/mol. The van der Waals surface area contributed by atoms with Gasteiger partial charge in [0.05, 0.1) is 10.9 Å². The number of thiophene rings is 1. The monoisotopic (exact) mass is 434 g/mol. The number of aliphatic imine (C=N–C) groups is 1. The fraction of sp³-hybridized carbons (Fsp3) is 0.429. The van der Waals surface area contributed by atoms with Crippen LogP contribution in [-0.4, -0.2) is 63.5 Å². The van der Waals surface area contributed by atoms with E-state index in [4.69, 9.17) is 17.3 Å². The number of rotatable bonds is 6. The number of halogens is 1. The lowest BCUT2D eigenvalue weighted by Crippen LogP contribution is -2.51. The smallest absolute Gasteiger partial charge is 0.250 e. The molecule has 0 saturated carbocycles. The lowest BCUT2D eigenvalue weighted by atomic mass is 10.3. The van der Waals surface area contributed by atoms with Crippen molar-refractivity contribution >= 4 is 55.4 Å². The molecule has 142 valence electrons. The zero-order chi connectivity index (χ0) is 18.6. The van der Waals surface area contributed by atoms with Crippen molar-refractivity contribution in [2.24, 2.45) is 10.7 Å². The second kappa shape index (κ2) is 8.53. The number of thiazole rings is 1. The molecule has 0 radical (unpaired) electrons. The van der Waals surface area contributed by atoms with E-state index in [-0.39, 0.29) is 17.3 Å². The number of nitrogens with one attached hydrogen (secondary N) is 1. The zero-order valence-electron chi connectivity index (χ0n) is 13.8. The van der Waals surface area contributed by atoms with Crippen LogP contribution in [0, 0.1) is 0 Å². The van der Waals surface area contributed by atoms with E-state index in [0.29, 0.717) is 10.3 Å². The van der Waals surface area contributed by atoms with Crippen LogP contribution in [0.2, 0.25) is 4.34 Å². The first-order chi connectivity index (χ1) is 12.5. The molecule has 1 saturated heterocycles. The number of piperazine rings is 1. The van der Waals surface area contributed by atoms with Crippen LogP contribution in [0.5, 0.6) is 0 Å². The molecule has 8 nitrogen and oxygen atoms in total. The van der Waals surface area contributed by atoms with Gasteiger partial charge in [-0.3, -0.25) is 4.99 Å². The molecule has 0 amide bonds. The quantitative estimate of drug-likeness (QED) is 0.403. The van der Waals surface area contributed by atoms with Gasteiger partial charge in [-0.25, -0.2) is 18.1 Å². The number of aromatic nitrogens is 1. The topological polar surface area (TPSA) is 104 Å². The zero-order valence-corrected chi connectivity index (χ0v) is 17.0. The summed E-state index contributed by atoms with van der Waals surface area (Å²) in [6.45, 7) is 3.63. The third kappa shape index (κ3) is 4.86. The second-order valence-electron chi connectivity index (χ2n) is 5.49. The Hall–Kier alpha value is -1.40. The Kier molecular flexibility index (Phi) is 6.35. The average Bonchev–Trinajstić information content (AvgIpc) is 3.30. The van der Waals surface area contributed by atoms with Crippen LogP contribution >= 0.6 is 34.3 Å². The minimum absolute atomic E-state index is 0.178. The number of hydrogen-bond acceptors (Lipinski definition) is 7. The normalized spacial score (nSPS) is 16.3. The van der Waals surface area contributed by atoms with Gasteiger partial charge in [0.2, 0.25) is 10.0 Å². The Balaban J connectivity index is 1.44. The maximum absolute atomic E-state index is 12.1. The highest BCUT2D eigenvalue weighted by Gasteiger charge is 2.20. The summed E-state index contributed by atoms with van der Waals surface area (Å²) >= 11 is 8.41. The summed E-state index contributed by atoms with van der Waals surface area (Å²) in [5.41, 5.74) is 6.03. The van der Waals surface area contributed by atoms with Crippen molar-refractivity contribution < 1.29 is 8.42 Å². The first kappa shape index (κ1) is 19.4. The summed E-state index contributed by atoms with van der Waals surface area (Å²) in [6.07, 6.45) is 1.80. The maximum Gasteiger partial charge on any atom is 0.250 e. The van der Waals surface area contributed by atoms with Gasteiger partial charge in [-0.05, 0) is 12.1 Å².